The molecule has 3 nitrogen and oxygen atoms in total. The second kappa shape index (κ2) is 7.29. The lowest BCUT2D eigenvalue weighted by Crippen LogP contribution is -2.26. The van der Waals surface area contributed by atoms with Crippen LogP contribution in [0.3, 0.4) is 0 Å². The minimum absolute atomic E-state index is 0.520. The van der Waals surface area contributed by atoms with Crippen LogP contribution in [0.1, 0.15) is 32.3 Å². The van der Waals surface area contributed by atoms with Gasteiger partial charge in [-0.25, -0.2) is 9.97 Å². The molecule has 0 aliphatic carbocycles. The topological polar surface area (TPSA) is 29.0 Å². The molecule has 0 bridgehead atoms. The molecule has 0 atom stereocenters. The summed E-state index contributed by atoms with van der Waals surface area (Å²) in [5, 5.41) is 0.520. The number of rotatable bonds is 6. The number of hydrogen-bond donors (Lipinski definition) is 0. The van der Waals surface area contributed by atoms with Crippen LogP contribution in [-0.4, -0.2) is 34.5 Å². The molecule has 0 amide bonds. The largest absolute Gasteiger partial charge is 0.303 e. The molecule has 0 aliphatic heterocycles. The van der Waals surface area contributed by atoms with Crippen molar-refractivity contribution in [3.8, 4) is 0 Å². The van der Waals surface area contributed by atoms with Gasteiger partial charge in [0.25, 0.3) is 0 Å². The van der Waals surface area contributed by atoms with Gasteiger partial charge in [0, 0.05) is 13.0 Å². The summed E-state index contributed by atoms with van der Waals surface area (Å²) in [6.07, 6.45) is 1.71. The van der Waals surface area contributed by atoms with E-state index in [1.54, 1.807) is 0 Å². The highest BCUT2D eigenvalue weighted by Gasteiger charge is 2.10. The first-order chi connectivity index (χ1) is 8.12. The van der Waals surface area contributed by atoms with Crippen molar-refractivity contribution in [1.29, 1.82) is 0 Å². The van der Waals surface area contributed by atoms with E-state index in [9.17, 15) is 0 Å². The van der Waals surface area contributed by atoms with Gasteiger partial charge in [-0.1, -0.05) is 32.4 Å². The lowest BCUT2D eigenvalue weighted by molar-refractivity contribution is 0.305. The van der Waals surface area contributed by atoms with E-state index in [4.69, 9.17) is 11.6 Å². The standard InChI is InChI=1S/C12H19BrClN3/c1-4-9-11(13)12(14)16-10(15-9)7-8-17(5-2)6-3/h4-8H2,1-3H3. The van der Waals surface area contributed by atoms with Crippen LogP contribution in [-0.2, 0) is 12.8 Å². The van der Waals surface area contributed by atoms with Crippen LogP contribution < -0.4 is 0 Å². The van der Waals surface area contributed by atoms with Gasteiger partial charge in [0.05, 0.1) is 10.2 Å². The summed E-state index contributed by atoms with van der Waals surface area (Å²) in [5.41, 5.74) is 0.986. The van der Waals surface area contributed by atoms with Crippen molar-refractivity contribution in [3.05, 3.63) is 21.1 Å². The third-order valence-electron chi connectivity index (χ3n) is 2.81. The first-order valence-corrected chi connectivity index (χ1v) is 7.22. The Labute approximate surface area is 117 Å². The first-order valence-electron chi connectivity index (χ1n) is 6.05. The SMILES string of the molecule is CCc1nc(CCN(CC)CC)nc(Cl)c1Br. The van der Waals surface area contributed by atoms with E-state index in [0.717, 1.165) is 48.5 Å². The zero-order valence-electron chi connectivity index (χ0n) is 10.6. The Morgan fingerprint density at radius 3 is 2.35 bits per heavy atom. The summed E-state index contributed by atoms with van der Waals surface area (Å²) in [6, 6.07) is 0. The van der Waals surface area contributed by atoms with Gasteiger partial charge in [-0.3, -0.25) is 0 Å². The van der Waals surface area contributed by atoms with Crippen molar-refractivity contribution in [2.24, 2.45) is 0 Å². The highest BCUT2D eigenvalue weighted by molar-refractivity contribution is 9.10. The minimum Gasteiger partial charge on any atom is -0.303 e. The second-order valence-corrected chi connectivity index (χ2v) is 4.97. The summed E-state index contributed by atoms with van der Waals surface area (Å²) in [7, 11) is 0. The number of aryl methyl sites for hydroxylation is 1. The zero-order chi connectivity index (χ0) is 12.8. The van der Waals surface area contributed by atoms with Gasteiger partial charge in [0.2, 0.25) is 0 Å². The van der Waals surface area contributed by atoms with E-state index in [1.807, 2.05) is 0 Å². The Bertz CT molecular complexity index is 367. The summed E-state index contributed by atoms with van der Waals surface area (Å²) < 4.78 is 0.827. The molecule has 0 saturated heterocycles. The first kappa shape index (κ1) is 14.9. The number of hydrogen-bond acceptors (Lipinski definition) is 3. The van der Waals surface area contributed by atoms with E-state index in [-0.39, 0.29) is 0 Å². The quantitative estimate of drug-likeness (QED) is 0.753. The lowest BCUT2D eigenvalue weighted by atomic mass is 10.3. The molecule has 0 saturated carbocycles. The van der Waals surface area contributed by atoms with Crippen molar-refractivity contribution >= 4 is 27.5 Å². The fourth-order valence-corrected chi connectivity index (χ4v) is 2.32. The Morgan fingerprint density at radius 2 is 1.82 bits per heavy atom. The fraction of sp³-hybridized carbons (Fsp3) is 0.667. The van der Waals surface area contributed by atoms with Gasteiger partial charge in [-0.2, -0.15) is 0 Å². The van der Waals surface area contributed by atoms with E-state index in [0.29, 0.717) is 5.15 Å². The smallest absolute Gasteiger partial charge is 0.147 e. The molecule has 96 valence electrons. The Kier molecular flexibility index (Phi) is 6.38. The maximum Gasteiger partial charge on any atom is 0.147 e. The van der Waals surface area contributed by atoms with Crippen LogP contribution in [0.5, 0.6) is 0 Å². The molecular formula is C12H19BrClN3. The highest BCUT2D eigenvalue weighted by Crippen LogP contribution is 2.23. The zero-order valence-corrected chi connectivity index (χ0v) is 13.0. The number of aromatic nitrogens is 2. The molecule has 1 heterocycles. The molecule has 17 heavy (non-hydrogen) atoms. The van der Waals surface area contributed by atoms with E-state index >= 15 is 0 Å². The molecule has 0 unspecified atom stereocenters. The maximum absolute atomic E-state index is 6.07. The Hall–Kier alpha value is -0.190. The van der Waals surface area contributed by atoms with E-state index in [2.05, 4.69) is 51.6 Å². The second-order valence-electron chi connectivity index (χ2n) is 3.82. The predicted molar refractivity (Wildman–Crippen MR) is 75.6 cm³/mol. The summed E-state index contributed by atoms with van der Waals surface area (Å²) >= 11 is 9.48. The Balaban J connectivity index is 2.75. The van der Waals surface area contributed by atoms with Gasteiger partial charge in [-0.05, 0) is 35.4 Å². The van der Waals surface area contributed by atoms with Crippen LogP contribution in [0.4, 0.5) is 0 Å². The van der Waals surface area contributed by atoms with Crippen LogP contribution in [0.2, 0.25) is 5.15 Å². The van der Waals surface area contributed by atoms with Crippen LogP contribution >= 0.6 is 27.5 Å². The van der Waals surface area contributed by atoms with Crippen molar-refractivity contribution < 1.29 is 0 Å². The van der Waals surface area contributed by atoms with Gasteiger partial charge in [0.1, 0.15) is 11.0 Å². The van der Waals surface area contributed by atoms with Crippen molar-refractivity contribution in [2.45, 2.75) is 33.6 Å². The molecule has 1 aromatic rings. The van der Waals surface area contributed by atoms with Crippen LogP contribution in [0, 0.1) is 0 Å². The number of nitrogens with zero attached hydrogens (tertiary/aromatic N) is 3. The normalized spacial score (nSPS) is 11.2. The summed E-state index contributed by atoms with van der Waals surface area (Å²) in [5.74, 6) is 0.835. The van der Waals surface area contributed by atoms with Crippen molar-refractivity contribution in [2.75, 3.05) is 19.6 Å². The van der Waals surface area contributed by atoms with Gasteiger partial charge in [-0.15, -0.1) is 0 Å². The minimum atomic E-state index is 0.520. The lowest BCUT2D eigenvalue weighted by Gasteiger charge is -2.17. The molecule has 0 aliphatic rings. The molecule has 0 radical (unpaired) electrons. The average Bonchev–Trinajstić information content (AvgIpc) is 2.34. The van der Waals surface area contributed by atoms with Gasteiger partial charge in [0.15, 0.2) is 0 Å². The fourth-order valence-electron chi connectivity index (χ4n) is 1.66. The van der Waals surface area contributed by atoms with Crippen molar-refractivity contribution in [1.82, 2.24) is 14.9 Å². The van der Waals surface area contributed by atoms with E-state index in [1.165, 1.54) is 0 Å². The molecular weight excluding hydrogens is 302 g/mol. The molecule has 0 fully saturated rings. The van der Waals surface area contributed by atoms with Crippen LogP contribution in [0.15, 0.2) is 4.47 Å². The molecule has 1 aromatic heterocycles. The van der Waals surface area contributed by atoms with Crippen molar-refractivity contribution in [3.63, 3.8) is 0 Å². The maximum atomic E-state index is 6.07. The average molecular weight is 321 g/mol. The molecule has 1 rings (SSSR count). The van der Waals surface area contributed by atoms with Gasteiger partial charge >= 0.3 is 0 Å². The molecule has 5 heteroatoms. The third-order valence-corrected chi connectivity index (χ3v) is 4.14. The molecule has 0 aromatic carbocycles. The number of halogens is 2. The highest BCUT2D eigenvalue weighted by atomic mass is 79.9. The van der Waals surface area contributed by atoms with Crippen LogP contribution in [0.25, 0.3) is 0 Å². The Morgan fingerprint density at radius 1 is 1.18 bits per heavy atom. The third kappa shape index (κ3) is 4.19. The monoisotopic (exact) mass is 319 g/mol. The summed E-state index contributed by atoms with van der Waals surface area (Å²) in [6.45, 7) is 9.49. The predicted octanol–water partition coefficient (Wildman–Crippen LogP) is 3.34. The van der Waals surface area contributed by atoms with Gasteiger partial charge < -0.3 is 4.90 Å². The molecule has 0 N–H and O–H groups in total. The summed E-state index contributed by atoms with van der Waals surface area (Å²) in [4.78, 5) is 11.2. The molecule has 0 spiro atoms. The van der Waals surface area contributed by atoms with E-state index < -0.39 is 0 Å². The number of likely N-dealkylation sites (N-methyl/N-ethyl adjacent to an activating group) is 1.